The van der Waals surface area contributed by atoms with Crippen molar-refractivity contribution in [2.75, 3.05) is 12.4 Å². The second-order valence-corrected chi connectivity index (χ2v) is 7.53. The third kappa shape index (κ3) is 4.05. The number of carbonyl (C=O) groups is 3. The molecule has 2 aromatic carbocycles. The van der Waals surface area contributed by atoms with Gasteiger partial charge in [0.15, 0.2) is 0 Å². The Bertz CT molecular complexity index is 1030. The van der Waals surface area contributed by atoms with E-state index >= 15 is 0 Å². The third-order valence-corrected chi connectivity index (χ3v) is 5.43. The van der Waals surface area contributed by atoms with Gasteiger partial charge in [-0.15, -0.1) is 0 Å². The number of carboxylic acids is 1. The number of thioether (sulfide) groups is 1. The molecule has 3 rings (SSSR count). The molecule has 0 radical (unpaired) electrons. The zero-order valence-corrected chi connectivity index (χ0v) is 16.1. The van der Waals surface area contributed by atoms with Gasteiger partial charge in [0.25, 0.3) is 11.8 Å². The number of hydrogen-bond acceptors (Lipinski definition) is 6. The van der Waals surface area contributed by atoms with E-state index in [9.17, 15) is 19.5 Å². The number of aromatic hydroxyl groups is 1. The first-order valence-electron chi connectivity index (χ1n) is 7.95. The van der Waals surface area contributed by atoms with Crippen LogP contribution in [0.2, 0.25) is 0 Å². The lowest BCUT2D eigenvalue weighted by Gasteiger charge is -2.07. The van der Waals surface area contributed by atoms with Crippen molar-refractivity contribution < 1.29 is 24.6 Å². The molecule has 142 valence electrons. The number of hydrogen-bond donors (Lipinski definition) is 3. The Balaban J connectivity index is 1.72. The lowest BCUT2D eigenvalue weighted by Crippen LogP contribution is -2.22. The second kappa shape index (κ2) is 7.83. The van der Waals surface area contributed by atoms with Gasteiger partial charge < -0.3 is 15.5 Å². The molecule has 0 spiro atoms. The molecular weight excluding hydrogens is 400 g/mol. The normalized spacial score (nSPS) is 15.2. The highest BCUT2D eigenvalue weighted by Crippen LogP contribution is 2.31. The Morgan fingerprint density at radius 3 is 2.39 bits per heavy atom. The third-order valence-electron chi connectivity index (χ3n) is 3.94. The lowest BCUT2D eigenvalue weighted by molar-refractivity contribution is -0.121. The van der Waals surface area contributed by atoms with Crippen LogP contribution in [0.4, 0.5) is 5.69 Å². The summed E-state index contributed by atoms with van der Waals surface area (Å²) in [4.78, 5) is 37.2. The van der Waals surface area contributed by atoms with Gasteiger partial charge in [-0.1, -0.05) is 36.1 Å². The van der Waals surface area contributed by atoms with E-state index in [1.54, 1.807) is 37.4 Å². The standard InChI is InChI=1S/C19H14N2O5S2/c1-21-17(24)15(28-19(21)27)8-10-2-4-11(5-3-10)16(23)20-12-6-7-13(18(25)26)14(22)9-12/h2-9,22H,1H3,(H,20,23)(H,25,26)/b15-8-. The number of nitrogens with zero attached hydrogens (tertiary/aromatic N) is 1. The predicted molar refractivity (Wildman–Crippen MR) is 110 cm³/mol. The van der Waals surface area contributed by atoms with Gasteiger partial charge in [-0.2, -0.15) is 0 Å². The summed E-state index contributed by atoms with van der Waals surface area (Å²) in [6, 6.07) is 10.4. The lowest BCUT2D eigenvalue weighted by atomic mass is 10.1. The molecule has 1 aliphatic heterocycles. The fourth-order valence-corrected chi connectivity index (χ4v) is 3.60. The van der Waals surface area contributed by atoms with E-state index in [0.717, 1.165) is 5.56 Å². The number of benzene rings is 2. The number of carbonyl (C=O) groups excluding carboxylic acids is 2. The van der Waals surface area contributed by atoms with Crippen LogP contribution in [-0.4, -0.2) is 44.3 Å². The number of phenols is 1. The maximum absolute atomic E-state index is 12.3. The Labute approximate surface area is 169 Å². The molecule has 9 heteroatoms. The van der Waals surface area contributed by atoms with E-state index in [-0.39, 0.29) is 17.2 Å². The summed E-state index contributed by atoms with van der Waals surface area (Å²) in [5, 5.41) is 21.2. The number of rotatable bonds is 4. The highest BCUT2D eigenvalue weighted by molar-refractivity contribution is 8.26. The molecule has 7 nitrogen and oxygen atoms in total. The minimum Gasteiger partial charge on any atom is -0.507 e. The molecule has 2 aromatic rings. The van der Waals surface area contributed by atoms with E-state index < -0.39 is 17.6 Å². The fourth-order valence-electron chi connectivity index (χ4n) is 2.42. The first-order chi connectivity index (χ1) is 13.3. The van der Waals surface area contributed by atoms with Gasteiger partial charge in [-0.25, -0.2) is 4.79 Å². The number of anilines is 1. The summed E-state index contributed by atoms with van der Waals surface area (Å²) in [6.07, 6.45) is 1.70. The molecule has 3 N–H and O–H groups in total. The van der Waals surface area contributed by atoms with Crippen molar-refractivity contribution in [3.05, 3.63) is 64.1 Å². The van der Waals surface area contributed by atoms with Crippen molar-refractivity contribution >= 4 is 57.8 Å². The monoisotopic (exact) mass is 414 g/mol. The van der Waals surface area contributed by atoms with Crippen LogP contribution in [0.1, 0.15) is 26.3 Å². The highest BCUT2D eigenvalue weighted by atomic mass is 32.2. The average Bonchev–Trinajstić information content (AvgIpc) is 2.89. The Kier molecular flexibility index (Phi) is 5.48. The van der Waals surface area contributed by atoms with Gasteiger partial charge in [-0.05, 0) is 35.9 Å². The molecule has 1 heterocycles. The molecule has 0 unspecified atom stereocenters. The number of aromatic carboxylic acids is 1. The van der Waals surface area contributed by atoms with Crippen LogP contribution in [0.15, 0.2) is 47.4 Å². The minimum absolute atomic E-state index is 0.165. The Morgan fingerprint density at radius 2 is 1.86 bits per heavy atom. The van der Waals surface area contributed by atoms with Crippen LogP contribution < -0.4 is 5.32 Å². The molecule has 28 heavy (non-hydrogen) atoms. The minimum atomic E-state index is -1.26. The first-order valence-corrected chi connectivity index (χ1v) is 9.18. The zero-order chi connectivity index (χ0) is 20.4. The van der Waals surface area contributed by atoms with Crippen molar-refractivity contribution in [2.45, 2.75) is 0 Å². The predicted octanol–water partition coefficient (Wildman–Crippen LogP) is 3.17. The topological polar surface area (TPSA) is 107 Å². The van der Waals surface area contributed by atoms with Gasteiger partial charge in [-0.3, -0.25) is 14.5 Å². The van der Waals surface area contributed by atoms with Gasteiger partial charge in [0, 0.05) is 24.4 Å². The quantitative estimate of drug-likeness (QED) is 0.521. The van der Waals surface area contributed by atoms with Crippen LogP contribution in [0.25, 0.3) is 6.08 Å². The van der Waals surface area contributed by atoms with E-state index in [0.29, 0.717) is 14.8 Å². The van der Waals surface area contributed by atoms with Crippen molar-refractivity contribution in [1.82, 2.24) is 4.90 Å². The number of likely N-dealkylation sites (N-methyl/N-ethyl adjacent to an activating group) is 1. The van der Waals surface area contributed by atoms with Crippen molar-refractivity contribution in [3.63, 3.8) is 0 Å². The maximum Gasteiger partial charge on any atom is 0.339 e. The van der Waals surface area contributed by atoms with Crippen molar-refractivity contribution in [2.24, 2.45) is 0 Å². The van der Waals surface area contributed by atoms with Crippen molar-refractivity contribution in [3.8, 4) is 5.75 Å². The smallest absolute Gasteiger partial charge is 0.339 e. The number of nitrogens with one attached hydrogen (secondary N) is 1. The van der Waals surface area contributed by atoms with Crippen LogP contribution in [0.3, 0.4) is 0 Å². The SMILES string of the molecule is CN1C(=O)/C(=C/c2ccc(C(=O)Nc3ccc(C(=O)O)c(O)c3)cc2)SC1=S. The van der Waals surface area contributed by atoms with Crippen LogP contribution >= 0.6 is 24.0 Å². The van der Waals surface area contributed by atoms with Crippen molar-refractivity contribution in [1.29, 1.82) is 0 Å². The van der Waals surface area contributed by atoms with Gasteiger partial charge in [0.1, 0.15) is 15.6 Å². The molecule has 0 bridgehead atoms. The summed E-state index contributed by atoms with van der Waals surface area (Å²) >= 11 is 6.30. The Hall–Kier alpha value is -3.17. The van der Waals surface area contributed by atoms with E-state index in [2.05, 4.69) is 5.32 Å². The van der Waals surface area contributed by atoms with Gasteiger partial charge >= 0.3 is 5.97 Å². The largest absolute Gasteiger partial charge is 0.507 e. The first kappa shape index (κ1) is 19.6. The molecule has 1 saturated heterocycles. The number of amides is 2. The van der Waals surface area contributed by atoms with Gasteiger partial charge in [0.2, 0.25) is 0 Å². The fraction of sp³-hybridized carbons (Fsp3) is 0.0526. The molecule has 2 amide bonds. The number of thiocarbonyl (C=S) groups is 1. The van der Waals surface area contributed by atoms with Gasteiger partial charge in [0.05, 0.1) is 4.91 Å². The zero-order valence-electron chi connectivity index (χ0n) is 14.5. The number of carboxylic acid groups (broad SMARTS) is 1. The second-order valence-electron chi connectivity index (χ2n) is 5.85. The van der Waals surface area contributed by atoms with Crippen LogP contribution in [0, 0.1) is 0 Å². The Morgan fingerprint density at radius 1 is 1.18 bits per heavy atom. The van der Waals surface area contributed by atoms with E-state index in [4.69, 9.17) is 17.3 Å². The summed E-state index contributed by atoms with van der Waals surface area (Å²) in [6.45, 7) is 0. The summed E-state index contributed by atoms with van der Waals surface area (Å²) in [5.41, 5.74) is 1.12. The maximum atomic E-state index is 12.3. The van der Waals surface area contributed by atoms with E-state index in [1.165, 1.54) is 34.9 Å². The summed E-state index contributed by atoms with van der Waals surface area (Å²) in [5.74, 6) is -2.28. The average molecular weight is 414 g/mol. The molecule has 1 aliphatic rings. The highest BCUT2D eigenvalue weighted by Gasteiger charge is 2.28. The molecular formula is C19H14N2O5S2. The molecule has 0 atom stereocenters. The molecule has 0 aliphatic carbocycles. The van der Waals surface area contributed by atoms with Crippen LogP contribution in [0.5, 0.6) is 5.75 Å². The molecule has 1 fully saturated rings. The van der Waals surface area contributed by atoms with Crippen LogP contribution in [-0.2, 0) is 4.79 Å². The van der Waals surface area contributed by atoms with E-state index in [1.807, 2.05) is 0 Å². The summed E-state index contributed by atoms with van der Waals surface area (Å²) < 4.78 is 0.490. The molecule has 0 aromatic heterocycles. The molecule has 0 saturated carbocycles. The summed E-state index contributed by atoms with van der Waals surface area (Å²) in [7, 11) is 1.62.